The standard InChI is InChI=1S/C11H18N2/c1-2-9-3-5-10(6-4-9)11(7-12)8-13/h3-6,11H,2,7-8,12-13H2,1H3. The van der Waals surface area contributed by atoms with Crippen molar-refractivity contribution in [3.63, 3.8) is 0 Å². The monoisotopic (exact) mass is 178 g/mol. The van der Waals surface area contributed by atoms with Crippen LogP contribution in [0.4, 0.5) is 0 Å². The maximum Gasteiger partial charge on any atom is 0.00841 e. The highest BCUT2D eigenvalue weighted by Gasteiger charge is 2.06. The quantitative estimate of drug-likeness (QED) is 0.729. The van der Waals surface area contributed by atoms with Gasteiger partial charge in [-0.2, -0.15) is 0 Å². The molecule has 0 radical (unpaired) electrons. The van der Waals surface area contributed by atoms with E-state index in [1.165, 1.54) is 11.1 Å². The second-order valence-corrected chi connectivity index (χ2v) is 3.26. The fourth-order valence-corrected chi connectivity index (χ4v) is 1.39. The van der Waals surface area contributed by atoms with Crippen molar-refractivity contribution in [1.29, 1.82) is 0 Å². The third-order valence-electron chi connectivity index (χ3n) is 2.43. The van der Waals surface area contributed by atoms with Crippen molar-refractivity contribution in [2.24, 2.45) is 11.5 Å². The summed E-state index contributed by atoms with van der Waals surface area (Å²) in [4.78, 5) is 0. The Kier molecular flexibility index (Phi) is 3.93. The van der Waals surface area contributed by atoms with Crippen LogP contribution in [0.25, 0.3) is 0 Å². The highest BCUT2D eigenvalue weighted by molar-refractivity contribution is 5.25. The normalized spacial score (nSPS) is 10.8. The first kappa shape index (κ1) is 10.2. The Morgan fingerprint density at radius 1 is 1.08 bits per heavy atom. The van der Waals surface area contributed by atoms with E-state index >= 15 is 0 Å². The van der Waals surface area contributed by atoms with E-state index < -0.39 is 0 Å². The molecule has 72 valence electrons. The molecule has 0 unspecified atom stereocenters. The van der Waals surface area contributed by atoms with Gasteiger partial charge in [-0.1, -0.05) is 31.2 Å². The topological polar surface area (TPSA) is 52.0 Å². The average molecular weight is 178 g/mol. The summed E-state index contributed by atoms with van der Waals surface area (Å²) in [7, 11) is 0. The number of benzene rings is 1. The first-order valence-corrected chi connectivity index (χ1v) is 4.80. The molecular weight excluding hydrogens is 160 g/mol. The number of rotatable bonds is 4. The van der Waals surface area contributed by atoms with E-state index in [9.17, 15) is 0 Å². The average Bonchev–Trinajstić information content (AvgIpc) is 2.21. The van der Waals surface area contributed by atoms with Gasteiger partial charge in [0.25, 0.3) is 0 Å². The molecule has 0 amide bonds. The van der Waals surface area contributed by atoms with Crippen LogP contribution >= 0.6 is 0 Å². The molecule has 2 heteroatoms. The largest absolute Gasteiger partial charge is 0.330 e. The van der Waals surface area contributed by atoms with Gasteiger partial charge in [0.05, 0.1) is 0 Å². The van der Waals surface area contributed by atoms with Gasteiger partial charge in [0.15, 0.2) is 0 Å². The van der Waals surface area contributed by atoms with Gasteiger partial charge >= 0.3 is 0 Å². The first-order chi connectivity index (χ1) is 6.31. The molecule has 0 bridgehead atoms. The highest BCUT2D eigenvalue weighted by Crippen LogP contribution is 2.14. The van der Waals surface area contributed by atoms with Crippen LogP contribution in [-0.2, 0) is 6.42 Å². The summed E-state index contributed by atoms with van der Waals surface area (Å²) in [6, 6.07) is 8.55. The van der Waals surface area contributed by atoms with Crippen molar-refractivity contribution in [2.45, 2.75) is 19.3 Å². The van der Waals surface area contributed by atoms with E-state index in [0.29, 0.717) is 19.0 Å². The Bertz CT molecular complexity index is 237. The van der Waals surface area contributed by atoms with E-state index in [1.54, 1.807) is 0 Å². The van der Waals surface area contributed by atoms with E-state index in [4.69, 9.17) is 11.5 Å². The molecule has 13 heavy (non-hydrogen) atoms. The molecule has 0 saturated carbocycles. The highest BCUT2D eigenvalue weighted by atomic mass is 14.6. The minimum absolute atomic E-state index is 0.311. The van der Waals surface area contributed by atoms with Gasteiger partial charge in [-0.3, -0.25) is 0 Å². The van der Waals surface area contributed by atoms with Crippen LogP contribution in [0.2, 0.25) is 0 Å². The second-order valence-electron chi connectivity index (χ2n) is 3.26. The molecule has 0 saturated heterocycles. The smallest absolute Gasteiger partial charge is 0.00841 e. The van der Waals surface area contributed by atoms with Crippen LogP contribution in [0.5, 0.6) is 0 Å². The zero-order chi connectivity index (χ0) is 9.68. The lowest BCUT2D eigenvalue weighted by molar-refractivity contribution is 0.708. The lowest BCUT2D eigenvalue weighted by Crippen LogP contribution is -2.21. The van der Waals surface area contributed by atoms with E-state index in [1.807, 2.05) is 0 Å². The summed E-state index contributed by atoms with van der Waals surface area (Å²) in [5, 5.41) is 0. The van der Waals surface area contributed by atoms with E-state index in [-0.39, 0.29) is 0 Å². The molecule has 1 aromatic rings. The lowest BCUT2D eigenvalue weighted by atomic mass is 9.98. The number of hydrogen-bond acceptors (Lipinski definition) is 2. The Hall–Kier alpha value is -0.860. The zero-order valence-electron chi connectivity index (χ0n) is 8.16. The van der Waals surface area contributed by atoms with Crippen LogP contribution in [0, 0.1) is 0 Å². The Balaban J connectivity index is 2.78. The van der Waals surface area contributed by atoms with Gasteiger partial charge in [-0.05, 0) is 17.5 Å². The molecular formula is C11H18N2. The van der Waals surface area contributed by atoms with Gasteiger partial charge in [0.2, 0.25) is 0 Å². The molecule has 4 N–H and O–H groups in total. The Morgan fingerprint density at radius 2 is 1.62 bits per heavy atom. The van der Waals surface area contributed by atoms with Gasteiger partial charge in [0, 0.05) is 19.0 Å². The fourth-order valence-electron chi connectivity index (χ4n) is 1.39. The summed E-state index contributed by atoms with van der Waals surface area (Å²) in [5.41, 5.74) is 13.8. The van der Waals surface area contributed by atoms with Crippen molar-refractivity contribution in [3.05, 3.63) is 35.4 Å². The van der Waals surface area contributed by atoms with Crippen LogP contribution in [0.3, 0.4) is 0 Å². The predicted molar refractivity (Wildman–Crippen MR) is 56.7 cm³/mol. The summed E-state index contributed by atoms with van der Waals surface area (Å²) in [6.07, 6.45) is 1.08. The molecule has 0 aromatic heterocycles. The third-order valence-corrected chi connectivity index (χ3v) is 2.43. The lowest BCUT2D eigenvalue weighted by Gasteiger charge is -2.12. The summed E-state index contributed by atoms with van der Waals surface area (Å²) in [5.74, 6) is 0.311. The zero-order valence-corrected chi connectivity index (χ0v) is 8.16. The van der Waals surface area contributed by atoms with Crippen LogP contribution in [-0.4, -0.2) is 13.1 Å². The number of hydrogen-bond donors (Lipinski definition) is 2. The van der Waals surface area contributed by atoms with Gasteiger partial charge in [0.1, 0.15) is 0 Å². The van der Waals surface area contributed by atoms with Crippen molar-refractivity contribution in [2.75, 3.05) is 13.1 Å². The maximum absolute atomic E-state index is 5.61. The summed E-state index contributed by atoms with van der Waals surface area (Å²) >= 11 is 0. The van der Waals surface area contributed by atoms with Crippen LogP contribution in [0.15, 0.2) is 24.3 Å². The van der Waals surface area contributed by atoms with Crippen molar-refractivity contribution >= 4 is 0 Å². The van der Waals surface area contributed by atoms with Crippen molar-refractivity contribution in [3.8, 4) is 0 Å². The minimum Gasteiger partial charge on any atom is -0.330 e. The second kappa shape index (κ2) is 5.00. The Morgan fingerprint density at radius 3 is 2.00 bits per heavy atom. The number of nitrogens with two attached hydrogens (primary N) is 2. The molecule has 0 atom stereocenters. The first-order valence-electron chi connectivity index (χ1n) is 4.80. The SMILES string of the molecule is CCc1ccc(C(CN)CN)cc1. The Labute approximate surface area is 79.9 Å². The summed E-state index contributed by atoms with van der Waals surface area (Å²) < 4.78 is 0. The van der Waals surface area contributed by atoms with Gasteiger partial charge < -0.3 is 11.5 Å². The van der Waals surface area contributed by atoms with E-state index in [0.717, 1.165) is 6.42 Å². The van der Waals surface area contributed by atoms with E-state index in [2.05, 4.69) is 31.2 Å². The minimum atomic E-state index is 0.311. The predicted octanol–water partition coefficient (Wildman–Crippen LogP) is 1.25. The molecule has 0 aliphatic heterocycles. The number of aryl methyl sites for hydroxylation is 1. The molecule has 0 spiro atoms. The van der Waals surface area contributed by atoms with Crippen molar-refractivity contribution < 1.29 is 0 Å². The summed E-state index contributed by atoms with van der Waals surface area (Å²) in [6.45, 7) is 3.41. The van der Waals surface area contributed by atoms with Crippen LogP contribution in [0.1, 0.15) is 24.0 Å². The fraction of sp³-hybridized carbons (Fsp3) is 0.455. The van der Waals surface area contributed by atoms with Crippen molar-refractivity contribution in [1.82, 2.24) is 0 Å². The molecule has 0 aliphatic carbocycles. The van der Waals surface area contributed by atoms with Gasteiger partial charge in [-0.15, -0.1) is 0 Å². The maximum atomic E-state index is 5.61. The molecule has 0 aliphatic rings. The molecule has 1 aromatic carbocycles. The third kappa shape index (κ3) is 2.54. The van der Waals surface area contributed by atoms with Gasteiger partial charge in [-0.25, -0.2) is 0 Å². The molecule has 1 rings (SSSR count). The molecule has 0 heterocycles. The molecule has 2 nitrogen and oxygen atoms in total. The van der Waals surface area contributed by atoms with Crippen LogP contribution < -0.4 is 11.5 Å². The molecule has 0 fully saturated rings.